The number of fused-ring (bicyclic) bond motifs is 3. The zero-order valence-electron chi connectivity index (χ0n) is 19.3. The van der Waals surface area contributed by atoms with Crippen molar-refractivity contribution in [3.63, 3.8) is 0 Å². The number of aryl methyl sites for hydroxylation is 1. The minimum atomic E-state index is -0.741. The molecular weight excluding hydrogens is 428 g/mol. The largest absolute Gasteiger partial charge is 0.365 e. The Balaban J connectivity index is 1.53. The van der Waals surface area contributed by atoms with Crippen molar-refractivity contribution in [1.82, 2.24) is 24.0 Å². The van der Waals surface area contributed by atoms with Crippen molar-refractivity contribution in [2.45, 2.75) is 32.4 Å². The molecule has 2 N–H and O–H groups in total. The number of amides is 1. The first-order valence-electron chi connectivity index (χ1n) is 11.4. The topological polar surface area (TPSA) is 99.0 Å². The Morgan fingerprint density at radius 1 is 1.21 bits per heavy atom. The number of primary amides is 1. The van der Waals surface area contributed by atoms with Crippen LogP contribution in [0, 0.1) is 18.8 Å². The minimum absolute atomic E-state index is 0.0407. The molecule has 1 aliphatic rings. The third-order valence-electron chi connectivity index (χ3n) is 6.51. The molecule has 34 heavy (non-hydrogen) atoms. The van der Waals surface area contributed by atoms with Crippen molar-refractivity contribution < 1.29 is 4.79 Å². The van der Waals surface area contributed by atoms with Crippen LogP contribution in [0.3, 0.4) is 0 Å². The summed E-state index contributed by atoms with van der Waals surface area (Å²) in [6.07, 6.45) is 5.62. The lowest BCUT2D eigenvalue weighted by Crippen LogP contribution is -2.31. The molecular formula is C26H26N6O2. The number of nitrogens with two attached hydrogens (primary N) is 1. The maximum atomic E-state index is 12.4. The first kappa shape index (κ1) is 21.9. The molecule has 3 aromatic heterocycles. The van der Waals surface area contributed by atoms with Crippen LogP contribution >= 0.6 is 0 Å². The molecule has 1 amide bonds. The summed E-state index contributed by atoms with van der Waals surface area (Å²) in [5.41, 5.74) is 8.52. The van der Waals surface area contributed by atoms with Gasteiger partial charge in [-0.15, -0.1) is 0 Å². The van der Waals surface area contributed by atoms with Crippen LogP contribution in [-0.2, 0) is 6.54 Å². The van der Waals surface area contributed by atoms with E-state index in [0.29, 0.717) is 6.04 Å². The second kappa shape index (κ2) is 8.76. The van der Waals surface area contributed by atoms with Crippen LogP contribution in [0.1, 0.15) is 40.6 Å². The summed E-state index contributed by atoms with van der Waals surface area (Å²) in [5, 5.41) is 1.02. The Labute approximate surface area is 197 Å². The van der Waals surface area contributed by atoms with E-state index in [-0.39, 0.29) is 12.1 Å². The first-order valence-corrected chi connectivity index (χ1v) is 11.4. The van der Waals surface area contributed by atoms with Crippen molar-refractivity contribution in [3.8, 4) is 11.8 Å². The summed E-state index contributed by atoms with van der Waals surface area (Å²) in [4.78, 5) is 35.5. The lowest BCUT2D eigenvalue weighted by molar-refractivity contribution is 0.0998. The van der Waals surface area contributed by atoms with Crippen LogP contribution in [-0.4, -0.2) is 50.0 Å². The third-order valence-corrected chi connectivity index (χ3v) is 6.51. The molecule has 0 saturated carbocycles. The van der Waals surface area contributed by atoms with Crippen molar-refractivity contribution in [2.24, 2.45) is 5.73 Å². The molecule has 1 aromatic carbocycles. The van der Waals surface area contributed by atoms with E-state index in [1.54, 1.807) is 12.3 Å². The molecule has 1 aliphatic heterocycles. The number of aromatic nitrogens is 4. The molecule has 5 rings (SSSR count). The van der Waals surface area contributed by atoms with E-state index in [2.05, 4.69) is 40.3 Å². The number of likely N-dealkylation sites (tertiary alicyclic amines) is 1. The first-order chi connectivity index (χ1) is 16.4. The number of imidazole rings is 1. The van der Waals surface area contributed by atoms with Gasteiger partial charge in [-0.3, -0.25) is 14.6 Å². The van der Waals surface area contributed by atoms with Gasteiger partial charge in [-0.1, -0.05) is 11.8 Å². The Bertz CT molecular complexity index is 1530. The van der Waals surface area contributed by atoms with Crippen molar-refractivity contribution >= 4 is 27.8 Å². The van der Waals surface area contributed by atoms with Gasteiger partial charge in [0.1, 0.15) is 16.9 Å². The molecule has 172 valence electrons. The van der Waals surface area contributed by atoms with Gasteiger partial charge >= 0.3 is 0 Å². The SMILES string of the molecule is Cc1nc2cnc3ccc(C#CCn4cccc(C(N)=O)c4=O)cc3c2n1C1CCN(C)CC1. The number of carbonyl (C=O) groups excluding carboxylic acids is 1. The fourth-order valence-electron chi connectivity index (χ4n) is 4.75. The van der Waals surface area contributed by atoms with Crippen LogP contribution in [0.2, 0.25) is 0 Å². The second-order valence-electron chi connectivity index (χ2n) is 8.81. The van der Waals surface area contributed by atoms with Gasteiger partial charge in [0.2, 0.25) is 0 Å². The Morgan fingerprint density at radius 3 is 2.76 bits per heavy atom. The monoisotopic (exact) mass is 454 g/mol. The Hall–Kier alpha value is -3.96. The van der Waals surface area contributed by atoms with Gasteiger partial charge in [0.05, 0.1) is 23.8 Å². The summed E-state index contributed by atoms with van der Waals surface area (Å²) in [6.45, 7) is 4.36. The van der Waals surface area contributed by atoms with Gasteiger partial charge in [-0.05, 0) is 70.2 Å². The number of pyridine rings is 2. The molecule has 1 fully saturated rings. The summed E-state index contributed by atoms with van der Waals surface area (Å²) < 4.78 is 3.75. The van der Waals surface area contributed by atoms with Crippen molar-refractivity contribution in [2.75, 3.05) is 20.1 Å². The quantitative estimate of drug-likeness (QED) is 0.480. The number of hydrogen-bond donors (Lipinski definition) is 1. The molecule has 0 bridgehead atoms. The fraction of sp³-hybridized carbons (Fsp3) is 0.308. The second-order valence-corrected chi connectivity index (χ2v) is 8.81. The molecule has 8 nitrogen and oxygen atoms in total. The fourth-order valence-corrected chi connectivity index (χ4v) is 4.75. The van der Waals surface area contributed by atoms with Gasteiger partial charge in [-0.25, -0.2) is 4.98 Å². The van der Waals surface area contributed by atoms with Gasteiger partial charge < -0.3 is 19.8 Å². The maximum absolute atomic E-state index is 12.4. The van der Waals surface area contributed by atoms with Gasteiger partial charge in [0.25, 0.3) is 11.5 Å². The zero-order valence-corrected chi connectivity index (χ0v) is 19.3. The van der Waals surface area contributed by atoms with Gasteiger partial charge in [0.15, 0.2) is 0 Å². The molecule has 0 unspecified atom stereocenters. The predicted molar refractivity (Wildman–Crippen MR) is 132 cm³/mol. The summed E-state index contributed by atoms with van der Waals surface area (Å²) in [7, 11) is 2.16. The molecule has 0 atom stereocenters. The number of carbonyl (C=O) groups is 1. The van der Waals surface area contributed by atoms with Crippen molar-refractivity contribution in [1.29, 1.82) is 0 Å². The van der Waals surface area contributed by atoms with E-state index >= 15 is 0 Å². The summed E-state index contributed by atoms with van der Waals surface area (Å²) in [6, 6.07) is 9.40. The third kappa shape index (κ3) is 3.95. The molecule has 0 spiro atoms. The van der Waals surface area contributed by atoms with Crippen LogP contribution < -0.4 is 11.3 Å². The highest BCUT2D eigenvalue weighted by Gasteiger charge is 2.23. The predicted octanol–water partition coefficient (Wildman–Crippen LogP) is 2.47. The average Bonchev–Trinajstić information content (AvgIpc) is 3.17. The number of piperidine rings is 1. The van der Waals surface area contributed by atoms with E-state index in [4.69, 9.17) is 10.7 Å². The molecule has 4 aromatic rings. The summed E-state index contributed by atoms with van der Waals surface area (Å²) in [5.74, 6) is 6.45. The number of benzene rings is 1. The molecule has 4 heterocycles. The number of nitrogens with zero attached hydrogens (tertiary/aromatic N) is 5. The molecule has 0 aliphatic carbocycles. The van der Waals surface area contributed by atoms with Crippen LogP contribution in [0.4, 0.5) is 0 Å². The highest BCUT2D eigenvalue weighted by molar-refractivity contribution is 6.03. The summed E-state index contributed by atoms with van der Waals surface area (Å²) >= 11 is 0. The smallest absolute Gasteiger partial charge is 0.264 e. The van der Waals surface area contributed by atoms with E-state index in [1.165, 1.54) is 10.6 Å². The highest BCUT2D eigenvalue weighted by atomic mass is 16.2. The minimum Gasteiger partial charge on any atom is -0.365 e. The highest BCUT2D eigenvalue weighted by Crippen LogP contribution is 2.32. The van der Waals surface area contributed by atoms with Gasteiger partial charge in [-0.2, -0.15) is 0 Å². The standard InChI is InChI=1S/C26H26N6O2/c1-17-29-23-16-28-22-8-7-18(5-3-11-31-12-4-6-20(25(27)33)26(31)34)15-21(22)24(23)32(17)19-9-13-30(2)14-10-19/h4,6-8,12,15-16,19H,9-11,13-14H2,1-2H3,(H2,27,33). The van der Waals surface area contributed by atoms with Crippen LogP contribution in [0.25, 0.3) is 21.9 Å². The van der Waals surface area contributed by atoms with Crippen molar-refractivity contribution in [3.05, 3.63) is 70.0 Å². The van der Waals surface area contributed by atoms with E-state index in [0.717, 1.165) is 59.3 Å². The number of hydrogen-bond acceptors (Lipinski definition) is 5. The lowest BCUT2D eigenvalue weighted by Gasteiger charge is -2.31. The van der Waals surface area contributed by atoms with E-state index < -0.39 is 11.5 Å². The maximum Gasteiger partial charge on any atom is 0.264 e. The number of rotatable bonds is 3. The average molecular weight is 455 g/mol. The van der Waals surface area contributed by atoms with Crippen LogP contribution in [0.5, 0.6) is 0 Å². The van der Waals surface area contributed by atoms with Gasteiger partial charge in [0, 0.05) is 23.2 Å². The van der Waals surface area contributed by atoms with E-state index in [1.807, 2.05) is 24.4 Å². The lowest BCUT2D eigenvalue weighted by atomic mass is 10.0. The molecule has 1 saturated heterocycles. The molecule has 0 radical (unpaired) electrons. The zero-order chi connectivity index (χ0) is 23.8. The molecule has 8 heteroatoms. The normalized spacial score (nSPS) is 14.9. The van der Waals surface area contributed by atoms with E-state index in [9.17, 15) is 9.59 Å². The Kier molecular flexibility index (Phi) is 5.64. The Morgan fingerprint density at radius 2 is 2.00 bits per heavy atom. The van der Waals surface area contributed by atoms with Crippen LogP contribution in [0.15, 0.2) is 47.5 Å².